The molecule has 0 atom stereocenters. The lowest BCUT2D eigenvalue weighted by atomic mass is 10.0. The van der Waals surface area contributed by atoms with Crippen LogP contribution in [-0.4, -0.2) is 9.36 Å². The Kier molecular flexibility index (Phi) is 2.52. The number of aryl methyl sites for hydroxylation is 2. The van der Waals surface area contributed by atoms with E-state index in [1.165, 1.54) is 22.7 Å². The summed E-state index contributed by atoms with van der Waals surface area (Å²) in [5.41, 5.74) is 3.56. The molecule has 0 radical (unpaired) electrons. The Bertz CT molecular complexity index is 445. The number of rotatable bonds is 1. The monoisotopic (exact) mass is 224 g/mol. The van der Waals surface area contributed by atoms with E-state index in [9.17, 15) is 0 Å². The number of aromatic nitrogens is 2. The molecule has 2 rings (SSSR count). The van der Waals surface area contributed by atoms with Crippen molar-refractivity contribution in [2.45, 2.75) is 13.8 Å². The van der Waals surface area contributed by atoms with Crippen molar-refractivity contribution in [1.29, 1.82) is 0 Å². The van der Waals surface area contributed by atoms with Crippen LogP contribution in [0.25, 0.3) is 10.6 Å². The van der Waals surface area contributed by atoms with Gasteiger partial charge in [-0.15, -0.1) is 0 Å². The van der Waals surface area contributed by atoms with Gasteiger partial charge in [-0.1, -0.05) is 18.2 Å². The van der Waals surface area contributed by atoms with Crippen LogP contribution in [0, 0.1) is 13.8 Å². The Morgan fingerprint density at radius 2 is 1.86 bits per heavy atom. The quantitative estimate of drug-likeness (QED) is 0.741. The minimum absolute atomic E-state index is 0.327. The van der Waals surface area contributed by atoms with Gasteiger partial charge in [-0.25, -0.2) is 4.98 Å². The number of hydrogen-bond acceptors (Lipinski definition) is 3. The first-order chi connectivity index (χ1) is 6.68. The molecule has 2 nitrogen and oxygen atoms in total. The van der Waals surface area contributed by atoms with Crippen LogP contribution in [0.5, 0.6) is 0 Å². The average Bonchev–Trinajstić information content (AvgIpc) is 2.51. The zero-order valence-corrected chi connectivity index (χ0v) is 9.49. The van der Waals surface area contributed by atoms with Crippen molar-refractivity contribution >= 4 is 23.1 Å². The molecule has 2 aromatic rings. The second-order valence-corrected chi connectivity index (χ2v) is 4.23. The Morgan fingerprint density at radius 1 is 1.21 bits per heavy atom. The van der Waals surface area contributed by atoms with Crippen LogP contribution in [-0.2, 0) is 0 Å². The van der Waals surface area contributed by atoms with Crippen molar-refractivity contribution in [2.24, 2.45) is 0 Å². The lowest BCUT2D eigenvalue weighted by Gasteiger charge is -2.04. The molecule has 72 valence electrons. The molecule has 14 heavy (non-hydrogen) atoms. The highest BCUT2D eigenvalue weighted by Crippen LogP contribution is 2.29. The van der Waals surface area contributed by atoms with Gasteiger partial charge in [0.15, 0.2) is 0 Å². The third-order valence-electron chi connectivity index (χ3n) is 2.10. The average molecular weight is 225 g/mol. The standard InChI is InChI=1S/C10H9ClN2S/c1-6-4-3-5-7(2)8(6)9-12-10(11)13-14-9/h3-5H,1-2H3. The van der Waals surface area contributed by atoms with Gasteiger partial charge < -0.3 is 0 Å². The summed E-state index contributed by atoms with van der Waals surface area (Å²) < 4.78 is 3.97. The summed E-state index contributed by atoms with van der Waals surface area (Å²) in [6.07, 6.45) is 0. The van der Waals surface area contributed by atoms with Crippen LogP contribution in [0.4, 0.5) is 0 Å². The fourth-order valence-corrected chi connectivity index (χ4v) is 2.44. The van der Waals surface area contributed by atoms with Crippen molar-refractivity contribution < 1.29 is 0 Å². The summed E-state index contributed by atoms with van der Waals surface area (Å²) in [5.74, 6) is 0. The summed E-state index contributed by atoms with van der Waals surface area (Å²) >= 11 is 7.04. The van der Waals surface area contributed by atoms with E-state index >= 15 is 0 Å². The fraction of sp³-hybridized carbons (Fsp3) is 0.200. The third-order valence-corrected chi connectivity index (χ3v) is 3.10. The lowest BCUT2D eigenvalue weighted by molar-refractivity contribution is 1.30. The Hall–Kier alpha value is -0.930. The SMILES string of the molecule is Cc1cccc(C)c1-c1nc(Cl)ns1. The van der Waals surface area contributed by atoms with E-state index in [2.05, 4.69) is 35.3 Å². The van der Waals surface area contributed by atoms with Crippen LogP contribution in [0.15, 0.2) is 18.2 Å². The molecular weight excluding hydrogens is 216 g/mol. The number of halogens is 1. The molecular formula is C10H9ClN2S. The molecule has 1 aromatic carbocycles. The first kappa shape index (κ1) is 9.62. The molecule has 0 bridgehead atoms. The molecule has 0 saturated carbocycles. The maximum absolute atomic E-state index is 5.70. The van der Waals surface area contributed by atoms with Gasteiger partial charge >= 0.3 is 0 Å². The fourth-order valence-electron chi connectivity index (χ4n) is 1.46. The van der Waals surface area contributed by atoms with E-state index in [-0.39, 0.29) is 0 Å². The molecule has 4 heteroatoms. The highest BCUT2D eigenvalue weighted by Gasteiger charge is 2.09. The molecule has 0 aliphatic heterocycles. The predicted molar refractivity (Wildman–Crippen MR) is 59.8 cm³/mol. The highest BCUT2D eigenvalue weighted by atomic mass is 35.5. The maximum Gasteiger partial charge on any atom is 0.234 e. The van der Waals surface area contributed by atoms with Crippen LogP contribution in [0.1, 0.15) is 11.1 Å². The molecule has 0 spiro atoms. The van der Waals surface area contributed by atoms with E-state index < -0.39 is 0 Å². The molecule has 0 amide bonds. The van der Waals surface area contributed by atoms with E-state index in [0.29, 0.717) is 5.28 Å². The normalized spacial score (nSPS) is 10.5. The van der Waals surface area contributed by atoms with Crippen LogP contribution < -0.4 is 0 Å². The van der Waals surface area contributed by atoms with Gasteiger partial charge in [-0.3, -0.25) is 0 Å². The van der Waals surface area contributed by atoms with Gasteiger partial charge in [-0.05, 0) is 48.1 Å². The summed E-state index contributed by atoms with van der Waals surface area (Å²) in [7, 11) is 0. The van der Waals surface area contributed by atoms with Crippen molar-refractivity contribution in [1.82, 2.24) is 9.36 Å². The Morgan fingerprint density at radius 3 is 2.36 bits per heavy atom. The van der Waals surface area contributed by atoms with Crippen molar-refractivity contribution in [3.63, 3.8) is 0 Å². The van der Waals surface area contributed by atoms with Crippen molar-refractivity contribution in [3.8, 4) is 10.6 Å². The molecule has 0 aliphatic rings. The second kappa shape index (κ2) is 3.67. The Balaban J connectivity index is 2.61. The van der Waals surface area contributed by atoms with Crippen molar-refractivity contribution in [3.05, 3.63) is 34.6 Å². The topological polar surface area (TPSA) is 25.8 Å². The number of hydrogen-bond donors (Lipinski definition) is 0. The number of nitrogens with zero attached hydrogens (tertiary/aromatic N) is 2. The van der Waals surface area contributed by atoms with Crippen LogP contribution in [0.2, 0.25) is 5.28 Å². The predicted octanol–water partition coefficient (Wildman–Crippen LogP) is 3.48. The van der Waals surface area contributed by atoms with Gasteiger partial charge in [0.1, 0.15) is 5.01 Å². The Labute approximate surface area is 91.7 Å². The van der Waals surface area contributed by atoms with Crippen LogP contribution in [0.3, 0.4) is 0 Å². The van der Waals surface area contributed by atoms with E-state index in [0.717, 1.165) is 10.6 Å². The van der Waals surface area contributed by atoms with Gasteiger partial charge in [0.2, 0.25) is 5.28 Å². The zero-order chi connectivity index (χ0) is 10.1. The molecule has 0 unspecified atom stereocenters. The second-order valence-electron chi connectivity index (χ2n) is 3.14. The van der Waals surface area contributed by atoms with Gasteiger partial charge in [0, 0.05) is 5.56 Å². The van der Waals surface area contributed by atoms with Gasteiger partial charge in [0.05, 0.1) is 0 Å². The zero-order valence-electron chi connectivity index (χ0n) is 7.91. The molecule has 0 aliphatic carbocycles. The van der Waals surface area contributed by atoms with E-state index in [4.69, 9.17) is 11.6 Å². The summed E-state index contributed by atoms with van der Waals surface area (Å²) in [5, 5.41) is 1.22. The van der Waals surface area contributed by atoms with Gasteiger partial charge in [0.25, 0.3) is 0 Å². The largest absolute Gasteiger partial charge is 0.234 e. The lowest BCUT2D eigenvalue weighted by Crippen LogP contribution is -1.86. The summed E-state index contributed by atoms with van der Waals surface area (Å²) in [6.45, 7) is 4.13. The minimum atomic E-state index is 0.327. The number of benzene rings is 1. The molecule has 0 N–H and O–H groups in total. The summed E-state index contributed by atoms with van der Waals surface area (Å²) in [6, 6.07) is 6.17. The molecule has 1 aromatic heterocycles. The molecule has 0 saturated heterocycles. The third kappa shape index (κ3) is 1.65. The molecule has 1 heterocycles. The maximum atomic E-state index is 5.70. The van der Waals surface area contributed by atoms with E-state index in [1.807, 2.05) is 6.07 Å². The molecule has 0 fully saturated rings. The summed E-state index contributed by atoms with van der Waals surface area (Å²) in [4.78, 5) is 4.18. The highest BCUT2D eigenvalue weighted by molar-refractivity contribution is 7.09. The van der Waals surface area contributed by atoms with Crippen molar-refractivity contribution in [2.75, 3.05) is 0 Å². The smallest absolute Gasteiger partial charge is 0.205 e. The van der Waals surface area contributed by atoms with Crippen LogP contribution >= 0.6 is 23.1 Å². The first-order valence-electron chi connectivity index (χ1n) is 4.24. The van der Waals surface area contributed by atoms with E-state index in [1.54, 1.807) is 0 Å². The van der Waals surface area contributed by atoms with Gasteiger partial charge in [-0.2, -0.15) is 4.37 Å². The first-order valence-corrected chi connectivity index (χ1v) is 5.39. The minimum Gasteiger partial charge on any atom is -0.205 e.